The van der Waals surface area contributed by atoms with Crippen LogP contribution in [0.5, 0.6) is 0 Å². The summed E-state index contributed by atoms with van der Waals surface area (Å²) in [4.78, 5) is 42.3. The van der Waals surface area contributed by atoms with Crippen molar-refractivity contribution in [3.05, 3.63) is 29.8 Å². The van der Waals surface area contributed by atoms with Crippen LogP contribution in [-0.2, 0) is 14.3 Å². The first kappa shape index (κ1) is 22.9. The Balaban J connectivity index is 2.16. The largest absolute Gasteiger partial charge is 0.462 e. The van der Waals surface area contributed by atoms with Crippen LogP contribution in [0.15, 0.2) is 29.3 Å². The first-order chi connectivity index (χ1) is 14.0. The Hall–Kier alpha value is -2.35. The van der Waals surface area contributed by atoms with Crippen LogP contribution in [0.2, 0.25) is 0 Å². The van der Waals surface area contributed by atoms with Crippen LogP contribution in [0.4, 0.5) is 5.69 Å². The highest BCUT2D eigenvalue weighted by atomic mass is 32.2. The molecular formula is C21H29N3O4S. The number of thioether (sulfide) groups is 1. The van der Waals surface area contributed by atoms with Crippen molar-refractivity contribution in [2.75, 3.05) is 13.2 Å². The summed E-state index contributed by atoms with van der Waals surface area (Å²) < 4.78 is 4.98. The summed E-state index contributed by atoms with van der Waals surface area (Å²) in [6.45, 7) is 4.79. The molecule has 0 saturated carbocycles. The number of hydrogen-bond acceptors (Lipinski definition) is 6. The zero-order valence-electron chi connectivity index (χ0n) is 17.1. The number of primary amides is 1. The monoisotopic (exact) mass is 419 g/mol. The predicted molar refractivity (Wildman–Crippen MR) is 115 cm³/mol. The minimum Gasteiger partial charge on any atom is -0.462 e. The lowest BCUT2D eigenvalue weighted by molar-refractivity contribution is -0.129. The molecule has 0 spiro atoms. The Morgan fingerprint density at radius 1 is 1.17 bits per heavy atom. The summed E-state index contributed by atoms with van der Waals surface area (Å²) in [7, 11) is 0. The molecule has 1 aromatic carbocycles. The molecule has 158 valence electrons. The summed E-state index contributed by atoms with van der Waals surface area (Å²) in [5.41, 5.74) is 6.46. The molecule has 1 heterocycles. The second kappa shape index (κ2) is 11.6. The topological polar surface area (TPSA) is 102 Å². The van der Waals surface area contributed by atoms with Crippen molar-refractivity contribution in [2.24, 2.45) is 10.7 Å². The molecule has 0 aromatic heterocycles. The zero-order valence-corrected chi connectivity index (χ0v) is 17.9. The lowest BCUT2D eigenvalue weighted by Gasteiger charge is -2.31. The SMILES string of the molecule is CCCCCCCN1C(=O)C[C@@H](C(N)=O)SC1=Nc1ccc(C(=O)OCC)cc1. The summed E-state index contributed by atoms with van der Waals surface area (Å²) >= 11 is 1.22. The molecule has 0 bridgehead atoms. The van der Waals surface area contributed by atoms with E-state index in [1.165, 1.54) is 18.2 Å². The third kappa shape index (κ3) is 6.88. The minimum atomic E-state index is -0.614. The minimum absolute atomic E-state index is 0.0930. The molecule has 0 aliphatic carbocycles. The van der Waals surface area contributed by atoms with Gasteiger partial charge < -0.3 is 10.5 Å². The van der Waals surface area contributed by atoms with Gasteiger partial charge in [-0.2, -0.15) is 0 Å². The van der Waals surface area contributed by atoms with Crippen LogP contribution >= 0.6 is 11.8 Å². The Morgan fingerprint density at radius 2 is 1.86 bits per heavy atom. The fraction of sp³-hybridized carbons (Fsp3) is 0.524. The number of unbranched alkanes of at least 4 members (excludes halogenated alkanes) is 4. The maximum Gasteiger partial charge on any atom is 0.338 e. The lowest BCUT2D eigenvalue weighted by Crippen LogP contribution is -2.45. The smallest absolute Gasteiger partial charge is 0.338 e. The van der Waals surface area contributed by atoms with E-state index in [1.54, 1.807) is 36.1 Å². The summed E-state index contributed by atoms with van der Waals surface area (Å²) in [5, 5.41) is -0.138. The number of carbonyl (C=O) groups is 3. The summed E-state index contributed by atoms with van der Waals surface area (Å²) in [5.74, 6) is -1.04. The van der Waals surface area contributed by atoms with Gasteiger partial charge in [0, 0.05) is 13.0 Å². The summed E-state index contributed by atoms with van der Waals surface area (Å²) in [6.07, 6.45) is 5.50. The lowest BCUT2D eigenvalue weighted by atomic mass is 10.1. The third-order valence-electron chi connectivity index (χ3n) is 4.55. The van der Waals surface area contributed by atoms with Crippen molar-refractivity contribution in [1.29, 1.82) is 0 Å². The van der Waals surface area contributed by atoms with E-state index >= 15 is 0 Å². The highest BCUT2D eigenvalue weighted by Gasteiger charge is 2.34. The van der Waals surface area contributed by atoms with Gasteiger partial charge in [-0.1, -0.05) is 44.4 Å². The Labute approximate surface area is 176 Å². The van der Waals surface area contributed by atoms with Crippen molar-refractivity contribution < 1.29 is 19.1 Å². The molecule has 7 nitrogen and oxygen atoms in total. The highest BCUT2D eigenvalue weighted by Crippen LogP contribution is 2.29. The number of amidine groups is 1. The van der Waals surface area contributed by atoms with E-state index in [1.807, 2.05) is 0 Å². The van der Waals surface area contributed by atoms with Gasteiger partial charge in [0.2, 0.25) is 11.8 Å². The molecule has 1 aromatic rings. The van der Waals surface area contributed by atoms with Crippen LogP contribution in [-0.4, -0.2) is 46.3 Å². The number of benzene rings is 1. The first-order valence-electron chi connectivity index (χ1n) is 10.1. The van der Waals surface area contributed by atoms with E-state index in [0.29, 0.717) is 29.6 Å². The van der Waals surface area contributed by atoms with E-state index in [4.69, 9.17) is 10.5 Å². The third-order valence-corrected chi connectivity index (χ3v) is 5.75. The van der Waals surface area contributed by atoms with Gasteiger partial charge in [-0.05, 0) is 37.6 Å². The van der Waals surface area contributed by atoms with Gasteiger partial charge in [0.1, 0.15) is 0 Å². The average molecular weight is 420 g/mol. The highest BCUT2D eigenvalue weighted by molar-refractivity contribution is 8.15. The van der Waals surface area contributed by atoms with E-state index in [-0.39, 0.29) is 12.3 Å². The van der Waals surface area contributed by atoms with Crippen LogP contribution in [0.1, 0.15) is 62.7 Å². The Kier molecular flexibility index (Phi) is 9.18. The van der Waals surface area contributed by atoms with E-state index in [0.717, 1.165) is 25.7 Å². The molecular weight excluding hydrogens is 390 g/mol. The van der Waals surface area contributed by atoms with Crippen LogP contribution in [0, 0.1) is 0 Å². The summed E-state index contributed by atoms with van der Waals surface area (Å²) in [6, 6.07) is 6.65. The van der Waals surface area contributed by atoms with Crippen molar-refractivity contribution in [2.45, 2.75) is 57.6 Å². The van der Waals surface area contributed by atoms with Crippen LogP contribution in [0.25, 0.3) is 0 Å². The number of esters is 1. The number of rotatable bonds is 10. The normalized spacial score (nSPS) is 18.1. The van der Waals surface area contributed by atoms with Gasteiger partial charge in [-0.25, -0.2) is 9.79 Å². The molecule has 2 amide bonds. The zero-order chi connectivity index (χ0) is 21.2. The number of aliphatic imine (C=N–C) groups is 1. The fourth-order valence-electron chi connectivity index (χ4n) is 2.94. The second-order valence-corrected chi connectivity index (χ2v) is 8.00. The molecule has 1 aliphatic rings. The quantitative estimate of drug-likeness (QED) is 0.461. The molecule has 1 atom stereocenters. The molecule has 29 heavy (non-hydrogen) atoms. The molecule has 1 fully saturated rings. The maximum atomic E-state index is 12.6. The van der Waals surface area contributed by atoms with Crippen molar-refractivity contribution in [1.82, 2.24) is 4.90 Å². The van der Waals surface area contributed by atoms with Gasteiger partial charge in [0.25, 0.3) is 0 Å². The Morgan fingerprint density at radius 3 is 2.48 bits per heavy atom. The van der Waals surface area contributed by atoms with Crippen LogP contribution < -0.4 is 5.73 Å². The number of nitrogens with two attached hydrogens (primary N) is 1. The van der Waals surface area contributed by atoms with Crippen LogP contribution in [0.3, 0.4) is 0 Å². The maximum absolute atomic E-state index is 12.6. The molecule has 8 heteroatoms. The average Bonchev–Trinajstić information content (AvgIpc) is 2.70. The molecule has 1 saturated heterocycles. The van der Waals surface area contributed by atoms with E-state index in [9.17, 15) is 14.4 Å². The van der Waals surface area contributed by atoms with Crippen molar-refractivity contribution in [3.63, 3.8) is 0 Å². The number of carbonyl (C=O) groups excluding carboxylic acids is 3. The second-order valence-electron chi connectivity index (χ2n) is 6.83. The number of hydrogen-bond donors (Lipinski definition) is 1. The predicted octanol–water partition coefficient (Wildman–Crippen LogP) is 3.64. The van der Waals surface area contributed by atoms with Gasteiger partial charge >= 0.3 is 5.97 Å². The fourth-order valence-corrected chi connectivity index (χ4v) is 4.02. The molecule has 0 radical (unpaired) electrons. The van der Waals surface area contributed by atoms with E-state index in [2.05, 4.69) is 11.9 Å². The molecule has 2 rings (SSSR count). The van der Waals surface area contributed by atoms with Gasteiger partial charge in [-0.3, -0.25) is 14.5 Å². The van der Waals surface area contributed by atoms with Gasteiger partial charge in [-0.15, -0.1) is 0 Å². The van der Waals surface area contributed by atoms with Gasteiger partial charge in [0.05, 0.1) is 23.1 Å². The van der Waals surface area contributed by atoms with Crippen molar-refractivity contribution >= 4 is 40.4 Å². The number of nitrogens with zero attached hydrogens (tertiary/aromatic N) is 2. The molecule has 2 N–H and O–H groups in total. The van der Waals surface area contributed by atoms with E-state index < -0.39 is 17.1 Å². The standard InChI is InChI=1S/C21H29N3O4S/c1-3-5-6-7-8-13-24-18(25)14-17(19(22)26)29-21(24)23-16-11-9-15(10-12-16)20(27)28-4-2/h9-12,17H,3-8,13-14H2,1-2H3,(H2,22,26)/t17-/m0/s1. The Bertz CT molecular complexity index is 749. The molecule has 1 aliphatic heterocycles. The number of amides is 2. The van der Waals surface area contributed by atoms with Gasteiger partial charge in [0.15, 0.2) is 5.17 Å². The number of ether oxygens (including phenoxy) is 1. The first-order valence-corrected chi connectivity index (χ1v) is 11.0. The van der Waals surface area contributed by atoms with Crippen molar-refractivity contribution in [3.8, 4) is 0 Å². The molecule has 0 unspecified atom stereocenters.